The zero-order valence-corrected chi connectivity index (χ0v) is 19.7. The number of hydrogen-bond acceptors (Lipinski definition) is 6. The van der Waals surface area contributed by atoms with Crippen LogP contribution in [0.4, 0.5) is 0 Å². The van der Waals surface area contributed by atoms with Crippen LogP contribution in [0.3, 0.4) is 0 Å². The second-order valence-corrected chi connectivity index (χ2v) is 7.73. The molecule has 1 unspecified atom stereocenters. The molecule has 0 saturated carbocycles. The van der Waals surface area contributed by atoms with Crippen molar-refractivity contribution >= 4 is 18.0 Å². The maximum atomic E-state index is 13.1. The predicted molar refractivity (Wildman–Crippen MR) is 133 cm³/mol. The molecule has 1 heterocycles. The van der Waals surface area contributed by atoms with Crippen molar-refractivity contribution in [2.75, 3.05) is 13.2 Å². The minimum Gasteiger partial charge on any atom is -0.461 e. The number of hydrogen-bond donors (Lipinski definition) is 1. The van der Waals surface area contributed by atoms with Crippen molar-refractivity contribution in [3.8, 4) is 17.9 Å². The van der Waals surface area contributed by atoms with Crippen LogP contribution in [0.2, 0.25) is 0 Å². The fourth-order valence-electron chi connectivity index (χ4n) is 3.57. The average Bonchev–Trinajstić information content (AvgIpc) is 2.86. The van der Waals surface area contributed by atoms with Gasteiger partial charge in [-0.25, -0.2) is 9.59 Å². The third-order valence-corrected chi connectivity index (χ3v) is 5.20. The molecule has 35 heavy (non-hydrogen) atoms. The second kappa shape index (κ2) is 12.6. The molecule has 0 radical (unpaired) electrons. The van der Waals surface area contributed by atoms with Gasteiger partial charge in [0.2, 0.25) is 0 Å². The van der Waals surface area contributed by atoms with Crippen LogP contribution in [0, 0.1) is 29.1 Å². The molecule has 1 atom stereocenters. The lowest BCUT2D eigenvalue weighted by atomic mass is 9.85. The molecule has 0 aromatic heterocycles. The third kappa shape index (κ3) is 6.96. The highest BCUT2D eigenvalue weighted by Gasteiger charge is 2.36. The van der Waals surface area contributed by atoms with Crippen LogP contribution in [0.5, 0.6) is 0 Å². The molecule has 3 rings (SSSR count). The highest BCUT2D eigenvalue weighted by Crippen LogP contribution is 2.31. The molecule has 2 aromatic carbocycles. The van der Waals surface area contributed by atoms with E-state index in [-0.39, 0.29) is 30.8 Å². The molecular formula is C29H26N2O4. The topological polar surface area (TPSA) is 88.4 Å². The number of nitriles is 1. The van der Waals surface area contributed by atoms with Crippen LogP contribution >= 0.6 is 0 Å². The third-order valence-electron chi connectivity index (χ3n) is 5.20. The summed E-state index contributed by atoms with van der Waals surface area (Å²) in [5.74, 6) is 4.08. The molecule has 6 nitrogen and oxygen atoms in total. The van der Waals surface area contributed by atoms with Gasteiger partial charge in [0.05, 0.1) is 29.6 Å². The first-order valence-corrected chi connectivity index (χ1v) is 11.2. The predicted octanol–water partition coefficient (Wildman–Crippen LogP) is 4.52. The monoisotopic (exact) mass is 466 g/mol. The van der Waals surface area contributed by atoms with E-state index in [4.69, 9.17) is 14.7 Å². The van der Waals surface area contributed by atoms with E-state index in [0.29, 0.717) is 11.4 Å². The van der Waals surface area contributed by atoms with Gasteiger partial charge in [0.1, 0.15) is 13.2 Å². The summed E-state index contributed by atoms with van der Waals surface area (Å²) >= 11 is 0. The van der Waals surface area contributed by atoms with Gasteiger partial charge in [-0.3, -0.25) is 0 Å². The summed E-state index contributed by atoms with van der Waals surface area (Å²) in [7, 11) is 0. The van der Waals surface area contributed by atoms with E-state index in [1.165, 1.54) is 0 Å². The molecule has 176 valence electrons. The highest BCUT2D eigenvalue weighted by molar-refractivity contribution is 5.99. The standard InChI is InChI=1S/C29H26N2O4/c1-21-26(28(32)34-19-9-15-23-11-5-3-6-12-23)25(17-16-24-13-7-4-8-14-24)27(22(2)31-21)29(33)35-20-10-18-30/h3-9,11-15,25,31H,10,19-20H2,1-2H3/b15-9+. The van der Waals surface area contributed by atoms with Crippen molar-refractivity contribution in [3.05, 3.63) is 100 Å². The number of carbonyl (C=O) groups excluding carboxylic acids is 2. The summed E-state index contributed by atoms with van der Waals surface area (Å²) in [5, 5.41) is 11.8. The van der Waals surface area contributed by atoms with Gasteiger partial charge in [-0.05, 0) is 37.6 Å². The van der Waals surface area contributed by atoms with Crippen molar-refractivity contribution in [3.63, 3.8) is 0 Å². The number of dihydropyridines is 1. The van der Waals surface area contributed by atoms with Gasteiger partial charge in [0, 0.05) is 17.0 Å². The summed E-state index contributed by atoms with van der Waals surface area (Å²) < 4.78 is 10.8. The SMILES string of the molecule is CC1=C(C(=O)OC/C=C/c2ccccc2)C(C#Cc2ccccc2)C(C(=O)OCCC#N)=C(C)N1. The summed E-state index contributed by atoms with van der Waals surface area (Å²) in [6.07, 6.45) is 3.69. The summed E-state index contributed by atoms with van der Waals surface area (Å²) in [4.78, 5) is 26.1. The molecule has 0 fully saturated rings. The Hall–Kier alpha value is -4.55. The minimum atomic E-state index is -0.850. The molecular weight excluding hydrogens is 440 g/mol. The van der Waals surface area contributed by atoms with E-state index < -0.39 is 17.9 Å². The normalized spacial score (nSPS) is 15.1. The zero-order valence-electron chi connectivity index (χ0n) is 19.7. The molecule has 0 aliphatic carbocycles. The zero-order chi connectivity index (χ0) is 25.0. The van der Waals surface area contributed by atoms with Crippen LogP contribution in [-0.4, -0.2) is 25.2 Å². The molecule has 0 amide bonds. The summed E-state index contributed by atoms with van der Waals surface area (Å²) in [6.45, 7) is 3.49. The van der Waals surface area contributed by atoms with E-state index in [0.717, 1.165) is 11.1 Å². The molecule has 1 aliphatic heterocycles. The van der Waals surface area contributed by atoms with Gasteiger partial charge in [-0.1, -0.05) is 66.4 Å². The maximum absolute atomic E-state index is 13.1. The van der Waals surface area contributed by atoms with Crippen molar-refractivity contribution in [2.45, 2.75) is 20.3 Å². The molecule has 2 aromatic rings. The summed E-state index contributed by atoms with van der Waals surface area (Å²) in [6, 6.07) is 20.9. The molecule has 0 bridgehead atoms. The number of esters is 2. The lowest BCUT2D eigenvalue weighted by Crippen LogP contribution is -2.33. The van der Waals surface area contributed by atoms with Gasteiger partial charge >= 0.3 is 11.9 Å². The fourth-order valence-corrected chi connectivity index (χ4v) is 3.57. The average molecular weight is 467 g/mol. The van der Waals surface area contributed by atoms with Crippen molar-refractivity contribution in [2.24, 2.45) is 5.92 Å². The van der Waals surface area contributed by atoms with E-state index in [1.807, 2.05) is 72.8 Å². The number of rotatable bonds is 7. The Bertz CT molecular complexity index is 1260. The van der Waals surface area contributed by atoms with Crippen molar-refractivity contribution < 1.29 is 19.1 Å². The lowest BCUT2D eigenvalue weighted by molar-refractivity contribution is -0.139. The van der Waals surface area contributed by atoms with Gasteiger partial charge in [-0.15, -0.1) is 0 Å². The largest absolute Gasteiger partial charge is 0.461 e. The number of ether oxygens (including phenoxy) is 2. The quantitative estimate of drug-likeness (QED) is 0.367. The molecule has 0 spiro atoms. The van der Waals surface area contributed by atoms with Gasteiger partial charge < -0.3 is 14.8 Å². The van der Waals surface area contributed by atoms with Crippen LogP contribution in [-0.2, 0) is 19.1 Å². The van der Waals surface area contributed by atoms with Crippen LogP contribution < -0.4 is 5.32 Å². The summed E-state index contributed by atoms with van der Waals surface area (Å²) in [5.41, 5.74) is 3.31. The van der Waals surface area contributed by atoms with E-state index in [9.17, 15) is 9.59 Å². The Morgan fingerprint density at radius 3 is 2.17 bits per heavy atom. The van der Waals surface area contributed by atoms with Crippen molar-refractivity contribution in [1.82, 2.24) is 5.32 Å². The Balaban J connectivity index is 1.86. The van der Waals surface area contributed by atoms with E-state index >= 15 is 0 Å². The number of benzene rings is 2. The van der Waals surface area contributed by atoms with E-state index in [1.54, 1.807) is 19.9 Å². The van der Waals surface area contributed by atoms with Gasteiger partial charge in [0.25, 0.3) is 0 Å². The molecule has 6 heteroatoms. The Kier molecular flexibility index (Phi) is 9.05. The number of nitrogens with zero attached hydrogens (tertiary/aromatic N) is 1. The van der Waals surface area contributed by atoms with Crippen LogP contribution in [0.25, 0.3) is 6.08 Å². The van der Waals surface area contributed by atoms with Crippen molar-refractivity contribution in [1.29, 1.82) is 5.26 Å². The smallest absolute Gasteiger partial charge is 0.337 e. The fraction of sp³-hybridized carbons (Fsp3) is 0.207. The first-order valence-electron chi connectivity index (χ1n) is 11.2. The first-order chi connectivity index (χ1) is 17.0. The Morgan fingerprint density at radius 1 is 0.943 bits per heavy atom. The molecule has 0 saturated heterocycles. The number of allylic oxidation sites excluding steroid dienone is 2. The van der Waals surface area contributed by atoms with Gasteiger partial charge in [0.15, 0.2) is 0 Å². The Labute approximate surface area is 205 Å². The van der Waals surface area contributed by atoms with Gasteiger partial charge in [-0.2, -0.15) is 5.26 Å². The number of nitrogens with one attached hydrogen (secondary N) is 1. The molecule has 1 aliphatic rings. The highest BCUT2D eigenvalue weighted by atomic mass is 16.5. The first kappa shape index (κ1) is 25.1. The van der Waals surface area contributed by atoms with E-state index in [2.05, 4.69) is 17.2 Å². The van der Waals surface area contributed by atoms with Crippen LogP contribution in [0.1, 0.15) is 31.4 Å². The van der Waals surface area contributed by atoms with Crippen LogP contribution in [0.15, 0.2) is 89.3 Å². The Morgan fingerprint density at radius 2 is 1.54 bits per heavy atom. The number of carbonyl (C=O) groups is 2. The second-order valence-electron chi connectivity index (χ2n) is 7.73. The lowest BCUT2D eigenvalue weighted by Gasteiger charge is -2.27. The molecule has 1 N–H and O–H groups in total. The minimum absolute atomic E-state index is 0.0439. The maximum Gasteiger partial charge on any atom is 0.337 e.